The number of rotatable bonds is 9. The molecule has 1 unspecified atom stereocenters. The molecule has 0 bridgehead atoms. The van der Waals surface area contributed by atoms with Gasteiger partial charge in [0.15, 0.2) is 17.3 Å². The highest BCUT2D eigenvalue weighted by molar-refractivity contribution is 7.24. The van der Waals surface area contributed by atoms with Crippen molar-refractivity contribution >= 4 is 55.2 Å². The molecule has 2 saturated heterocycles. The number of nitrogens with zero attached hydrogens (tertiary/aromatic N) is 4. The number of morpholine rings is 1. The molecule has 5 heterocycles. The van der Waals surface area contributed by atoms with Crippen LogP contribution in [0.3, 0.4) is 0 Å². The number of amides is 2. The number of aromatic nitrogens is 2. The molecule has 228 valence electrons. The molecule has 1 atom stereocenters. The summed E-state index contributed by atoms with van der Waals surface area (Å²) in [7, 11) is 0. The third kappa shape index (κ3) is 5.77. The molecule has 10 nitrogen and oxygen atoms in total. The predicted molar refractivity (Wildman–Crippen MR) is 165 cm³/mol. The van der Waals surface area contributed by atoms with Crippen LogP contribution in [0.25, 0.3) is 26.1 Å². The van der Waals surface area contributed by atoms with Gasteiger partial charge in [0, 0.05) is 26.2 Å². The molecule has 12 heteroatoms. The topological polar surface area (TPSA) is 105 Å². The first-order valence-corrected chi connectivity index (χ1v) is 15.9. The highest BCUT2D eigenvalue weighted by atomic mass is 32.1. The van der Waals surface area contributed by atoms with Crippen molar-refractivity contribution in [3.8, 4) is 0 Å². The molecular weight excluding hydrogens is 573 g/mol. The SMILES string of the molecule is CCCCCCOC(=O)N1CCCC1CNC(=O)c1c(=O)c2cc(F)c(N3CCOCC3)nc2n2c1sc1ccccc12. The lowest BCUT2D eigenvalue weighted by atomic mass is 10.1. The summed E-state index contributed by atoms with van der Waals surface area (Å²) in [5.41, 5.74) is 0.448. The molecule has 2 fully saturated rings. The molecule has 1 aromatic carbocycles. The lowest BCUT2D eigenvalue weighted by molar-refractivity contribution is 0.0881. The van der Waals surface area contributed by atoms with Crippen LogP contribution in [0.4, 0.5) is 15.0 Å². The zero-order valence-electron chi connectivity index (χ0n) is 24.3. The van der Waals surface area contributed by atoms with E-state index in [1.165, 1.54) is 17.4 Å². The molecule has 6 rings (SSSR count). The molecule has 2 amide bonds. The number of likely N-dealkylation sites (tertiary alicyclic amines) is 1. The van der Waals surface area contributed by atoms with Gasteiger partial charge in [-0.05, 0) is 37.5 Å². The fourth-order valence-electron chi connectivity index (χ4n) is 5.96. The maximum Gasteiger partial charge on any atom is 0.410 e. The lowest BCUT2D eigenvalue weighted by Crippen LogP contribution is -2.44. The standard InChI is InChI=1S/C31H36FN5O5S/c1-2-3-4-7-15-42-31(40)36-12-8-9-20(36)19-33-29(39)25-26(38)21-18-22(32)28(35-13-16-41-17-14-35)34-27(21)37-23-10-5-6-11-24(23)43-30(25)37/h5-6,10-11,18,20H,2-4,7-9,12-17,19H2,1H3,(H,33,39). The van der Waals surface area contributed by atoms with Crippen molar-refractivity contribution in [2.24, 2.45) is 0 Å². The number of pyridine rings is 2. The van der Waals surface area contributed by atoms with Gasteiger partial charge in [-0.1, -0.05) is 38.3 Å². The van der Waals surface area contributed by atoms with Crippen LogP contribution in [0.2, 0.25) is 0 Å². The van der Waals surface area contributed by atoms with Crippen LogP contribution in [-0.2, 0) is 9.47 Å². The van der Waals surface area contributed by atoms with Crippen LogP contribution in [0, 0.1) is 5.82 Å². The molecule has 2 aliphatic rings. The molecule has 2 aliphatic heterocycles. The van der Waals surface area contributed by atoms with Crippen LogP contribution in [0.1, 0.15) is 55.8 Å². The number of halogens is 1. The molecule has 0 radical (unpaired) electrons. The van der Waals surface area contributed by atoms with E-state index in [2.05, 4.69) is 17.2 Å². The summed E-state index contributed by atoms with van der Waals surface area (Å²) in [5.74, 6) is -1.02. The minimum absolute atomic E-state index is 0.0369. The van der Waals surface area contributed by atoms with Gasteiger partial charge in [0.2, 0.25) is 5.43 Å². The Morgan fingerprint density at radius 2 is 1.98 bits per heavy atom. The minimum atomic E-state index is -0.618. The van der Waals surface area contributed by atoms with Crippen LogP contribution in [0.15, 0.2) is 35.1 Å². The van der Waals surface area contributed by atoms with Gasteiger partial charge in [-0.3, -0.25) is 14.0 Å². The second-order valence-electron chi connectivity index (χ2n) is 11.1. The van der Waals surface area contributed by atoms with E-state index < -0.39 is 17.2 Å². The Kier molecular flexibility index (Phi) is 8.75. The van der Waals surface area contributed by atoms with Gasteiger partial charge < -0.3 is 24.6 Å². The molecule has 3 aromatic heterocycles. The van der Waals surface area contributed by atoms with Gasteiger partial charge in [0.1, 0.15) is 10.4 Å². The van der Waals surface area contributed by atoms with Crippen molar-refractivity contribution in [3.63, 3.8) is 0 Å². The van der Waals surface area contributed by atoms with Crippen molar-refractivity contribution < 1.29 is 23.5 Å². The number of hydrogen-bond donors (Lipinski definition) is 1. The Labute approximate surface area is 252 Å². The Balaban J connectivity index is 1.31. The average Bonchev–Trinajstić information content (AvgIpc) is 3.65. The van der Waals surface area contributed by atoms with Gasteiger partial charge in [0.25, 0.3) is 5.91 Å². The van der Waals surface area contributed by atoms with Crippen LogP contribution < -0.4 is 15.6 Å². The van der Waals surface area contributed by atoms with E-state index in [1.807, 2.05) is 29.2 Å². The van der Waals surface area contributed by atoms with Gasteiger partial charge in [-0.2, -0.15) is 0 Å². The first-order valence-electron chi connectivity index (χ1n) is 15.1. The number of nitrogens with one attached hydrogen (secondary N) is 1. The maximum absolute atomic E-state index is 15.4. The quantitative estimate of drug-likeness (QED) is 0.268. The van der Waals surface area contributed by atoms with Crippen LogP contribution >= 0.6 is 11.3 Å². The Hall–Kier alpha value is -3.77. The summed E-state index contributed by atoms with van der Waals surface area (Å²) in [6, 6.07) is 8.55. The van der Waals surface area contributed by atoms with Gasteiger partial charge >= 0.3 is 6.09 Å². The minimum Gasteiger partial charge on any atom is -0.449 e. The molecule has 1 N–H and O–H groups in total. The number of ether oxygens (including phenoxy) is 2. The van der Waals surface area contributed by atoms with E-state index >= 15 is 4.39 Å². The third-order valence-electron chi connectivity index (χ3n) is 8.22. The Morgan fingerprint density at radius 3 is 2.79 bits per heavy atom. The fraction of sp³-hybridized carbons (Fsp3) is 0.484. The summed E-state index contributed by atoms with van der Waals surface area (Å²) < 4.78 is 29.0. The van der Waals surface area contributed by atoms with Crippen LogP contribution in [0.5, 0.6) is 0 Å². The Morgan fingerprint density at radius 1 is 1.16 bits per heavy atom. The van der Waals surface area contributed by atoms with Crippen molar-refractivity contribution in [1.29, 1.82) is 0 Å². The Bertz CT molecular complexity index is 1720. The van der Waals surface area contributed by atoms with E-state index in [4.69, 9.17) is 9.47 Å². The second kappa shape index (κ2) is 12.8. The smallest absolute Gasteiger partial charge is 0.410 e. The summed E-state index contributed by atoms with van der Waals surface area (Å²) >= 11 is 1.32. The van der Waals surface area contributed by atoms with Crippen molar-refractivity contribution in [2.75, 3.05) is 50.9 Å². The summed E-state index contributed by atoms with van der Waals surface area (Å²) in [5, 5.41) is 2.94. The second-order valence-corrected chi connectivity index (χ2v) is 12.1. The summed E-state index contributed by atoms with van der Waals surface area (Å²) in [6.07, 6.45) is 5.22. The van der Waals surface area contributed by atoms with Crippen molar-refractivity contribution in [2.45, 2.75) is 51.5 Å². The number of para-hydroxylation sites is 1. The normalized spacial score (nSPS) is 17.3. The third-order valence-corrected chi connectivity index (χ3v) is 9.37. The number of fused-ring (bicyclic) bond motifs is 5. The summed E-state index contributed by atoms with van der Waals surface area (Å²) in [6.45, 7) is 5.15. The predicted octanol–water partition coefficient (Wildman–Crippen LogP) is 4.95. The number of carbonyl (C=O) groups excluding carboxylic acids is 2. The number of carbonyl (C=O) groups is 2. The molecule has 4 aromatic rings. The van der Waals surface area contributed by atoms with E-state index in [9.17, 15) is 14.4 Å². The average molecular weight is 610 g/mol. The molecule has 0 aliphatic carbocycles. The van der Waals surface area contributed by atoms with E-state index in [-0.39, 0.29) is 35.4 Å². The molecule has 0 saturated carbocycles. The highest BCUT2D eigenvalue weighted by Crippen LogP contribution is 2.32. The molecular formula is C31H36FN5O5S. The number of unbranched alkanes of at least 4 members (excludes halogenated alkanes) is 3. The molecule has 0 spiro atoms. The monoisotopic (exact) mass is 609 g/mol. The fourth-order valence-corrected chi connectivity index (χ4v) is 7.14. The number of hydrogen-bond acceptors (Lipinski definition) is 8. The first-order chi connectivity index (χ1) is 21.0. The van der Waals surface area contributed by atoms with Crippen LogP contribution in [-0.4, -0.2) is 78.3 Å². The van der Waals surface area contributed by atoms with Crippen molar-refractivity contribution in [3.05, 3.63) is 51.9 Å². The van der Waals surface area contributed by atoms with Crippen molar-refractivity contribution in [1.82, 2.24) is 19.6 Å². The zero-order valence-corrected chi connectivity index (χ0v) is 25.1. The summed E-state index contributed by atoms with van der Waals surface area (Å²) in [4.78, 5) is 48.9. The van der Waals surface area contributed by atoms with E-state index in [0.29, 0.717) is 49.9 Å². The molecule has 43 heavy (non-hydrogen) atoms. The largest absolute Gasteiger partial charge is 0.449 e. The van der Waals surface area contributed by atoms with Gasteiger partial charge in [-0.15, -0.1) is 11.3 Å². The van der Waals surface area contributed by atoms with Gasteiger partial charge in [0.05, 0.1) is 41.5 Å². The number of anilines is 1. The number of benzene rings is 1. The highest BCUT2D eigenvalue weighted by Gasteiger charge is 2.31. The van der Waals surface area contributed by atoms with E-state index in [1.54, 1.807) is 9.30 Å². The van der Waals surface area contributed by atoms with Gasteiger partial charge in [-0.25, -0.2) is 14.2 Å². The van der Waals surface area contributed by atoms with E-state index in [0.717, 1.165) is 48.7 Å². The lowest BCUT2D eigenvalue weighted by Gasteiger charge is -2.28. The zero-order chi connectivity index (χ0) is 29.9. The maximum atomic E-state index is 15.4. The first kappa shape index (κ1) is 29.3. The number of thiazole rings is 1.